The maximum Gasteiger partial charge on any atom is -0.0181 e. The fourth-order valence-corrected chi connectivity index (χ4v) is 6.41. The van der Waals surface area contributed by atoms with E-state index >= 15 is 0 Å². The fourth-order valence-electron chi connectivity index (χ4n) is 6.41. The maximum absolute atomic E-state index is 4.01. The van der Waals surface area contributed by atoms with Crippen LogP contribution in [0.1, 0.15) is 95.1 Å². The van der Waals surface area contributed by atoms with Gasteiger partial charge in [0.2, 0.25) is 0 Å². The molecule has 0 amide bonds. The van der Waals surface area contributed by atoms with Gasteiger partial charge in [0.25, 0.3) is 0 Å². The van der Waals surface area contributed by atoms with Crippen molar-refractivity contribution < 1.29 is 0 Å². The van der Waals surface area contributed by atoms with E-state index in [4.69, 9.17) is 0 Å². The Kier molecular flexibility index (Phi) is 8.28. The van der Waals surface area contributed by atoms with E-state index in [1.54, 1.807) is 0 Å². The fraction of sp³-hybridized carbons (Fsp3) is 0.613. The summed E-state index contributed by atoms with van der Waals surface area (Å²) >= 11 is 0. The zero-order chi connectivity index (χ0) is 21.5. The third-order valence-corrected chi connectivity index (χ3v) is 8.59. The summed E-state index contributed by atoms with van der Waals surface area (Å²) in [7, 11) is 0. The summed E-state index contributed by atoms with van der Waals surface area (Å²) in [5.74, 6) is 3.80. The van der Waals surface area contributed by atoms with Crippen molar-refractivity contribution in [1.82, 2.24) is 0 Å². The number of fused-ring (bicyclic) bond motifs is 1. The summed E-state index contributed by atoms with van der Waals surface area (Å²) in [4.78, 5) is 0. The van der Waals surface area contributed by atoms with Crippen molar-refractivity contribution in [3.63, 3.8) is 0 Å². The molecular formula is C31H44. The molecule has 0 saturated heterocycles. The number of unbranched alkanes of at least 4 members (excludes halogenated alkanes) is 2. The largest absolute Gasteiger partial charge is 0.103 e. The maximum atomic E-state index is 4.01. The first kappa shape index (κ1) is 22.6. The molecule has 2 aromatic rings. The Morgan fingerprint density at radius 1 is 0.742 bits per heavy atom. The van der Waals surface area contributed by atoms with E-state index in [9.17, 15) is 0 Å². The molecule has 0 spiro atoms. The van der Waals surface area contributed by atoms with Crippen LogP contribution in [0.25, 0.3) is 10.8 Å². The highest BCUT2D eigenvalue weighted by atomic mass is 14.4. The van der Waals surface area contributed by atoms with Gasteiger partial charge < -0.3 is 0 Å². The first-order valence-corrected chi connectivity index (χ1v) is 13.4. The first-order chi connectivity index (χ1) is 15.2. The van der Waals surface area contributed by atoms with E-state index in [1.165, 1.54) is 112 Å². The Balaban J connectivity index is 1.23. The molecular weight excluding hydrogens is 372 g/mol. The quantitative estimate of drug-likeness (QED) is 0.282. The number of rotatable bonds is 9. The third kappa shape index (κ3) is 6.24. The second-order valence-corrected chi connectivity index (χ2v) is 10.7. The molecule has 2 aliphatic rings. The highest BCUT2D eigenvalue weighted by Gasteiger charge is 2.30. The van der Waals surface area contributed by atoms with Crippen molar-refractivity contribution >= 4 is 10.8 Å². The molecule has 0 unspecified atom stereocenters. The first-order valence-electron chi connectivity index (χ1n) is 13.4. The smallest absolute Gasteiger partial charge is 0.0181 e. The van der Waals surface area contributed by atoms with Crippen LogP contribution in [-0.2, 0) is 12.8 Å². The Morgan fingerprint density at radius 2 is 1.32 bits per heavy atom. The van der Waals surface area contributed by atoms with Gasteiger partial charge in [-0.2, -0.15) is 0 Å². The minimum absolute atomic E-state index is 0.808. The monoisotopic (exact) mass is 416 g/mol. The lowest BCUT2D eigenvalue weighted by Crippen LogP contribution is -2.25. The molecule has 0 heteroatoms. The van der Waals surface area contributed by atoms with E-state index in [2.05, 4.69) is 56.0 Å². The Morgan fingerprint density at radius 3 is 1.90 bits per heavy atom. The molecule has 31 heavy (non-hydrogen) atoms. The van der Waals surface area contributed by atoms with Gasteiger partial charge in [-0.25, -0.2) is 0 Å². The molecule has 0 N–H and O–H groups in total. The van der Waals surface area contributed by atoms with Crippen molar-refractivity contribution in [1.29, 1.82) is 0 Å². The number of benzene rings is 2. The SMILES string of the molecule is C=CC1CCC(C2CCC(CCc3ccc4cc(CCCCC)ccc4c3)CC2)CC1. The molecule has 4 rings (SSSR count). The molecule has 0 heterocycles. The van der Waals surface area contributed by atoms with Gasteiger partial charge in [0.15, 0.2) is 0 Å². The summed E-state index contributed by atoms with van der Waals surface area (Å²) < 4.78 is 0. The molecule has 0 nitrogen and oxygen atoms in total. The van der Waals surface area contributed by atoms with Crippen LogP contribution >= 0.6 is 0 Å². The van der Waals surface area contributed by atoms with Crippen LogP contribution in [0.3, 0.4) is 0 Å². The zero-order valence-corrected chi connectivity index (χ0v) is 20.0. The van der Waals surface area contributed by atoms with Crippen LogP contribution in [0.4, 0.5) is 0 Å². The molecule has 0 bridgehead atoms. The second kappa shape index (κ2) is 11.3. The van der Waals surface area contributed by atoms with Crippen LogP contribution < -0.4 is 0 Å². The average molecular weight is 417 g/mol. The van der Waals surface area contributed by atoms with Gasteiger partial charge >= 0.3 is 0 Å². The molecule has 2 fully saturated rings. The zero-order valence-electron chi connectivity index (χ0n) is 20.0. The second-order valence-electron chi connectivity index (χ2n) is 10.7. The third-order valence-electron chi connectivity index (χ3n) is 8.59. The minimum atomic E-state index is 0.808. The van der Waals surface area contributed by atoms with Crippen molar-refractivity contribution in [2.45, 2.75) is 96.8 Å². The molecule has 2 saturated carbocycles. The molecule has 0 radical (unpaired) electrons. The number of aryl methyl sites for hydroxylation is 2. The minimum Gasteiger partial charge on any atom is -0.103 e. The standard InChI is InChI=1S/C31H44/c1-3-5-6-7-26-14-20-31-23-27(15-21-30(31)22-26)9-8-25-12-18-29(19-13-25)28-16-10-24(4-2)11-17-28/h4,14-15,20-25,28-29H,2-3,5-13,16-19H2,1H3. The average Bonchev–Trinajstić information content (AvgIpc) is 2.83. The Labute approximate surface area is 191 Å². The Hall–Kier alpha value is -1.56. The van der Waals surface area contributed by atoms with Crippen LogP contribution in [0.5, 0.6) is 0 Å². The lowest BCUT2D eigenvalue weighted by Gasteiger charge is -2.37. The van der Waals surface area contributed by atoms with E-state index in [1.807, 2.05) is 0 Å². The predicted molar refractivity (Wildman–Crippen MR) is 137 cm³/mol. The van der Waals surface area contributed by atoms with E-state index in [-0.39, 0.29) is 0 Å². The number of hydrogen-bond acceptors (Lipinski definition) is 0. The highest BCUT2D eigenvalue weighted by Crippen LogP contribution is 2.42. The summed E-state index contributed by atoms with van der Waals surface area (Å²) in [6, 6.07) is 14.3. The summed E-state index contributed by atoms with van der Waals surface area (Å²) in [6.07, 6.45) is 21.7. The molecule has 0 aliphatic heterocycles. The van der Waals surface area contributed by atoms with E-state index in [0.29, 0.717) is 0 Å². The van der Waals surface area contributed by atoms with Crippen LogP contribution in [0, 0.1) is 23.7 Å². The number of hydrogen-bond donors (Lipinski definition) is 0. The number of allylic oxidation sites excluding steroid dienone is 1. The molecule has 2 aromatic carbocycles. The predicted octanol–water partition coefficient (Wildman–Crippen LogP) is 9.30. The van der Waals surface area contributed by atoms with Gasteiger partial charge in [0, 0.05) is 0 Å². The van der Waals surface area contributed by atoms with Crippen LogP contribution in [0.15, 0.2) is 49.1 Å². The Bertz CT molecular complexity index is 815. The highest BCUT2D eigenvalue weighted by molar-refractivity contribution is 5.83. The lowest BCUT2D eigenvalue weighted by molar-refractivity contribution is 0.153. The molecule has 0 aromatic heterocycles. The van der Waals surface area contributed by atoms with Gasteiger partial charge in [0.05, 0.1) is 0 Å². The van der Waals surface area contributed by atoms with Gasteiger partial charge in [-0.1, -0.05) is 75.1 Å². The molecule has 0 atom stereocenters. The van der Waals surface area contributed by atoms with Gasteiger partial charge in [-0.05, 0) is 110 Å². The summed E-state index contributed by atoms with van der Waals surface area (Å²) in [6.45, 7) is 6.29. The van der Waals surface area contributed by atoms with Gasteiger partial charge in [0.1, 0.15) is 0 Å². The van der Waals surface area contributed by atoms with E-state index < -0.39 is 0 Å². The van der Waals surface area contributed by atoms with Crippen molar-refractivity contribution in [3.8, 4) is 0 Å². The molecule has 2 aliphatic carbocycles. The van der Waals surface area contributed by atoms with Crippen LogP contribution in [-0.4, -0.2) is 0 Å². The van der Waals surface area contributed by atoms with Crippen molar-refractivity contribution in [2.24, 2.45) is 23.7 Å². The topological polar surface area (TPSA) is 0 Å². The molecule has 168 valence electrons. The van der Waals surface area contributed by atoms with E-state index in [0.717, 1.165) is 23.7 Å². The van der Waals surface area contributed by atoms with Gasteiger partial charge in [-0.15, -0.1) is 6.58 Å². The summed E-state index contributed by atoms with van der Waals surface area (Å²) in [5.41, 5.74) is 3.04. The van der Waals surface area contributed by atoms with Crippen molar-refractivity contribution in [3.05, 3.63) is 60.2 Å². The van der Waals surface area contributed by atoms with Gasteiger partial charge in [-0.3, -0.25) is 0 Å². The van der Waals surface area contributed by atoms with Crippen LogP contribution in [0.2, 0.25) is 0 Å². The normalized spacial score (nSPS) is 26.7. The lowest BCUT2D eigenvalue weighted by atomic mass is 9.68. The summed E-state index contributed by atoms with van der Waals surface area (Å²) in [5, 5.41) is 2.85. The van der Waals surface area contributed by atoms with Crippen molar-refractivity contribution in [2.75, 3.05) is 0 Å².